The highest BCUT2D eigenvalue weighted by atomic mass is 16.5. The van der Waals surface area contributed by atoms with Crippen LogP contribution >= 0.6 is 0 Å². The van der Waals surface area contributed by atoms with Crippen LogP contribution in [0.15, 0.2) is 79.1 Å². The fourth-order valence-electron chi connectivity index (χ4n) is 4.56. The smallest absolute Gasteiger partial charge is 0.354 e. The van der Waals surface area contributed by atoms with E-state index >= 15 is 0 Å². The largest absolute Gasteiger partial charge is 0.489 e. The number of rotatable bonds is 14. The van der Waals surface area contributed by atoms with Crippen LogP contribution in [0.25, 0.3) is 10.9 Å². The second-order valence-electron chi connectivity index (χ2n) is 9.68. The number of esters is 2. The lowest BCUT2D eigenvalue weighted by Gasteiger charge is -2.10. The highest BCUT2D eigenvalue weighted by Crippen LogP contribution is 2.26. The summed E-state index contributed by atoms with van der Waals surface area (Å²) in [7, 11) is 3.32. The molecular formula is C32H37N2O5+. The van der Waals surface area contributed by atoms with Gasteiger partial charge in [-0.3, -0.25) is 0 Å². The first kappa shape index (κ1) is 27.9. The molecule has 4 aromatic rings. The van der Waals surface area contributed by atoms with Crippen LogP contribution in [0.4, 0.5) is 0 Å². The number of ether oxygens (including phenoxy) is 3. The van der Waals surface area contributed by atoms with Gasteiger partial charge < -0.3 is 18.8 Å². The van der Waals surface area contributed by atoms with Crippen molar-refractivity contribution in [3.8, 4) is 5.75 Å². The number of carbonyl (C=O) groups is 2. The third-order valence-corrected chi connectivity index (χ3v) is 6.74. The van der Waals surface area contributed by atoms with Gasteiger partial charge >= 0.3 is 11.9 Å². The lowest BCUT2D eigenvalue weighted by molar-refractivity contribution is -0.671. The molecule has 0 aliphatic heterocycles. The third-order valence-electron chi connectivity index (χ3n) is 6.74. The molecule has 204 valence electrons. The topological polar surface area (TPSA) is 70.6 Å². The predicted octanol–water partition coefficient (Wildman–Crippen LogP) is 6.03. The van der Waals surface area contributed by atoms with Crippen molar-refractivity contribution in [2.24, 2.45) is 7.05 Å². The minimum atomic E-state index is -0.336. The van der Waals surface area contributed by atoms with Gasteiger partial charge in [0.25, 0.3) is 0 Å². The van der Waals surface area contributed by atoms with E-state index in [2.05, 4.69) is 0 Å². The average molecular weight is 530 g/mol. The molecule has 0 unspecified atom stereocenters. The van der Waals surface area contributed by atoms with Crippen molar-refractivity contribution in [2.45, 2.75) is 51.7 Å². The van der Waals surface area contributed by atoms with Gasteiger partial charge in [-0.15, -0.1) is 0 Å². The van der Waals surface area contributed by atoms with Crippen LogP contribution in [0, 0.1) is 0 Å². The Morgan fingerprint density at radius 3 is 2.28 bits per heavy atom. The Bertz CT molecular complexity index is 1360. The number of pyridine rings is 1. The lowest BCUT2D eigenvalue weighted by Crippen LogP contribution is -2.26. The fraction of sp³-hybridized carbons (Fsp3) is 0.344. The number of aromatic nitrogens is 2. The molecule has 4 rings (SSSR count). The van der Waals surface area contributed by atoms with E-state index in [1.54, 1.807) is 12.1 Å². The molecule has 0 fully saturated rings. The van der Waals surface area contributed by atoms with E-state index in [4.69, 9.17) is 14.2 Å². The van der Waals surface area contributed by atoms with Gasteiger partial charge in [0, 0.05) is 29.6 Å². The zero-order valence-corrected chi connectivity index (χ0v) is 22.8. The zero-order valence-electron chi connectivity index (χ0n) is 22.8. The molecule has 7 nitrogen and oxygen atoms in total. The van der Waals surface area contributed by atoms with Crippen LogP contribution in [-0.2, 0) is 29.7 Å². The van der Waals surface area contributed by atoms with Gasteiger partial charge in [0.15, 0.2) is 12.4 Å². The summed E-state index contributed by atoms with van der Waals surface area (Å²) in [6.45, 7) is 1.67. The normalized spacial score (nSPS) is 10.9. The van der Waals surface area contributed by atoms with Crippen LogP contribution in [0.5, 0.6) is 5.75 Å². The van der Waals surface area contributed by atoms with E-state index < -0.39 is 0 Å². The first-order chi connectivity index (χ1) is 19.0. The van der Waals surface area contributed by atoms with Crippen molar-refractivity contribution in [3.63, 3.8) is 0 Å². The minimum absolute atomic E-state index is 0.272. The van der Waals surface area contributed by atoms with Crippen molar-refractivity contribution < 1.29 is 28.4 Å². The van der Waals surface area contributed by atoms with Crippen molar-refractivity contribution >= 4 is 22.8 Å². The van der Waals surface area contributed by atoms with Gasteiger partial charge in [-0.2, -0.15) is 0 Å². The van der Waals surface area contributed by atoms with Crippen LogP contribution in [0.3, 0.4) is 0 Å². The summed E-state index contributed by atoms with van der Waals surface area (Å²) in [5.74, 6) is 0.159. The molecule has 0 spiro atoms. The Kier molecular flexibility index (Phi) is 10.1. The van der Waals surface area contributed by atoms with Crippen LogP contribution in [0.1, 0.15) is 64.9 Å². The standard InChI is InChI=1S/C32H37N2O5/c1-33-19-16-26(17-20-33)31(35)38-21-11-6-4-3-5-10-18-34-29-15-14-28(39-24-25-12-8-7-9-13-25)22-27(29)23-30(34)32(36)37-2/h7-9,12-17,19-20,22-23H,3-6,10-11,18,21,24H2,1-2H3/q+1. The second-order valence-corrected chi connectivity index (χ2v) is 9.68. The summed E-state index contributed by atoms with van der Waals surface area (Å²) in [4.78, 5) is 24.5. The minimum Gasteiger partial charge on any atom is -0.489 e. The van der Waals surface area contributed by atoms with E-state index in [1.165, 1.54) is 7.11 Å². The number of benzene rings is 2. The summed E-state index contributed by atoms with van der Waals surface area (Å²) in [6.07, 6.45) is 9.73. The van der Waals surface area contributed by atoms with E-state index in [9.17, 15) is 9.59 Å². The maximum Gasteiger partial charge on any atom is 0.354 e. The van der Waals surface area contributed by atoms with E-state index in [1.807, 2.05) is 83.2 Å². The summed E-state index contributed by atoms with van der Waals surface area (Å²) >= 11 is 0. The quantitative estimate of drug-likeness (QED) is 0.113. The fourth-order valence-corrected chi connectivity index (χ4v) is 4.56. The summed E-state index contributed by atoms with van der Waals surface area (Å²) < 4.78 is 20.3. The first-order valence-electron chi connectivity index (χ1n) is 13.6. The van der Waals surface area contributed by atoms with Gasteiger partial charge in [-0.1, -0.05) is 56.0 Å². The number of fused-ring (bicyclic) bond motifs is 1. The monoisotopic (exact) mass is 529 g/mol. The highest BCUT2D eigenvalue weighted by molar-refractivity contribution is 5.96. The molecule has 0 N–H and O–H groups in total. The summed E-state index contributed by atoms with van der Waals surface area (Å²) in [5.41, 5.74) is 3.24. The van der Waals surface area contributed by atoms with Gasteiger partial charge in [0.1, 0.15) is 25.1 Å². The SMILES string of the molecule is COC(=O)c1cc2cc(OCc3ccccc3)ccc2n1CCCCCCCCOC(=O)c1cc[n+](C)cc1. The van der Waals surface area contributed by atoms with E-state index in [0.717, 1.165) is 67.3 Å². The van der Waals surface area contributed by atoms with Gasteiger partial charge in [-0.05, 0) is 42.7 Å². The van der Waals surface area contributed by atoms with E-state index in [0.29, 0.717) is 24.5 Å². The molecule has 0 radical (unpaired) electrons. The number of methoxy groups -OCH3 is 1. The molecule has 2 aromatic carbocycles. The molecule has 0 bridgehead atoms. The molecule has 0 amide bonds. The molecular weight excluding hydrogens is 492 g/mol. The Morgan fingerprint density at radius 2 is 1.54 bits per heavy atom. The first-order valence-corrected chi connectivity index (χ1v) is 13.6. The summed E-state index contributed by atoms with van der Waals surface area (Å²) in [5, 5.41) is 0.958. The Hall–Kier alpha value is -4.13. The molecule has 0 atom stereocenters. The number of unbranched alkanes of at least 4 members (excludes halogenated alkanes) is 5. The number of aryl methyl sites for hydroxylation is 2. The number of hydrogen-bond acceptors (Lipinski definition) is 5. The highest BCUT2D eigenvalue weighted by Gasteiger charge is 2.16. The molecule has 0 saturated heterocycles. The molecule has 2 heterocycles. The Balaban J connectivity index is 1.21. The molecule has 0 aliphatic carbocycles. The molecule has 2 aromatic heterocycles. The molecule has 0 saturated carbocycles. The molecule has 0 aliphatic rings. The summed E-state index contributed by atoms with van der Waals surface area (Å²) in [6, 6.07) is 21.4. The van der Waals surface area contributed by atoms with Crippen molar-refractivity contribution in [2.75, 3.05) is 13.7 Å². The maximum atomic E-state index is 12.5. The maximum absolute atomic E-state index is 12.5. The second kappa shape index (κ2) is 14.1. The van der Waals surface area contributed by atoms with Crippen molar-refractivity contribution in [1.82, 2.24) is 4.57 Å². The van der Waals surface area contributed by atoms with Gasteiger partial charge in [-0.25, -0.2) is 14.2 Å². The van der Waals surface area contributed by atoms with Crippen LogP contribution in [0.2, 0.25) is 0 Å². The zero-order chi connectivity index (χ0) is 27.5. The van der Waals surface area contributed by atoms with Gasteiger partial charge in [0.2, 0.25) is 0 Å². The number of nitrogens with zero attached hydrogens (tertiary/aromatic N) is 2. The predicted molar refractivity (Wildman–Crippen MR) is 150 cm³/mol. The van der Waals surface area contributed by atoms with Gasteiger partial charge in [0.05, 0.1) is 19.3 Å². The Labute approximate surface area is 229 Å². The molecule has 7 heteroatoms. The van der Waals surface area contributed by atoms with Crippen LogP contribution < -0.4 is 9.30 Å². The molecule has 39 heavy (non-hydrogen) atoms. The number of carbonyl (C=O) groups excluding carboxylic acids is 2. The van der Waals surface area contributed by atoms with Crippen molar-refractivity contribution in [1.29, 1.82) is 0 Å². The van der Waals surface area contributed by atoms with E-state index in [-0.39, 0.29) is 11.9 Å². The van der Waals surface area contributed by atoms with Crippen molar-refractivity contribution in [3.05, 3.63) is 95.9 Å². The third kappa shape index (κ3) is 7.93. The Morgan fingerprint density at radius 1 is 0.821 bits per heavy atom. The van der Waals surface area contributed by atoms with Crippen LogP contribution in [-0.4, -0.2) is 30.2 Å². The average Bonchev–Trinajstić information content (AvgIpc) is 3.33. The lowest BCUT2D eigenvalue weighted by atomic mass is 10.1. The number of hydrogen-bond donors (Lipinski definition) is 0.